The van der Waals surface area contributed by atoms with Gasteiger partial charge in [0.2, 0.25) is 0 Å². The molecule has 0 bridgehead atoms. The average Bonchev–Trinajstić information content (AvgIpc) is 2.81. The second-order valence-electron chi connectivity index (χ2n) is 7.79. The van der Waals surface area contributed by atoms with Crippen LogP contribution in [0, 0.1) is 6.92 Å². The fourth-order valence-corrected chi connectivity index (χ4v) is 3.69. The number of ether oxygens (including phenoxy) is 1. The molecular formula is C26H29N3O4. The first-order chi connectivity index (χ1) is 15.9. The number of urea groups is 1. The van der Waals surface area contributed by atoms with Crippen LogP contribution in [0.1, 0.15) is 29.2 Å². The summed E-state index contributed by atoms with van der Waals surface area (Å²) >= 11 is 0. The normalized spacial score (nSPS) is 10.5. The predicted octanol–water partition coefficient (Wildman–Crippen LogP) is 4.42. The van der Waals surface area contributed by atoms with E-state index in [9.17, 15) is 14.7 Å². The first-order valence-electron chi connectivity index (χ1n) is 10.8. The molecule has 7 heteroatoms. The van der Waals surface area contributed by atoms with Crippen LogP contribution in [0.5, 0.6) is 5.75 Å². The third kappa shape index (κ3) is 6.32. The monoisotopic (exact) mass is 447 g/mol. The Bertz CT molecular complexity index is 1120. The second-order valence-corrected chi connectivity index (χ2v) is 7.79. The molecule has 2 N–H and O–H groups in total. The molecule has 0 saturated carbocycles. The van der Waals surface area contributed by atoms with Gasteiger partial charge in [-0.15, -0.1) is 0 Å². The third-order valence-corrected chi connectivity index (χ3v) is 5.39. The van der Waals surface area contributed by atoms with Gasteiger partial charge in [0.1, 0.15) is 5.75 Å². The van der Waals surface area contributed by atoms with E-state index < -0.39 is 5.97 Å². The minimum Gasteiger partial charge on any atom is -0.496 e. The Morgan fingerprint density at radius 1 is 1.03 bits per heavy atom. The number of methoxy groups -OCH3 is 1. The van der Waals surface area contributed by atoms with Gasteiger partial charge in [0, 0.05) is 37.6 Å². The van der Waals surface area contributed by atoms with Gasteiger partial charge in [-0.05, 0) is 60.4 Å². The minimum absolute atomic E-state index is 0.0727. The predicted molar refractivity (Wildman–Crippen MR) is 127 cm³/mol. The van der Waals surface area contributed by atoms with E-state index in [0.29, 0.717) is 30.9 Å². The zero-order valence-corrected chi connectivity index (χ0v) is 19.2. The number of carboxylic acids is 1. The molecule has 0 aliphatic heterocycles. The number of hydrogen-bond acceptors (Lipinski definition) is 4. The van der Waals surface area contributed by atoms with Crippen molar-refractivity contribution >= 4 is 12.0 Å². The second kappa shape index (κ2) is 11.1. The van der Waals surface area contributed by atoms with E-state index in [4.69, 9.17) is 4.74 Å². The van der Waals surface area contributed by atoms with Gasteiger partial charge in [0.05, 0.1) is 13.5 Å². The molecule has 0 aliphatic carbocycles. The van der Waals surface area contributed by atoms with Crippen LogP contribution >= 0.6 is 0 Å². The number of rotatable bonds is 9. The van der Waals surface area contributed by atoms with Crippen LogP contribution in [-0.4, -0.2) is 40.6 Å². The van der Waals surface area contributed by atoms with Crippen LogP contribution in [-0.2, 0) is 24.3 Å². The fourth-order valence-electron chi connectivity index (χ4n) is 3.69. The number of carbonyl (C=O) groups excluding carboxylic acids is 1. The van der Waals surface area contributed by atoms with E-state index in [1.165, 1.54) is 0 Å². The van der Waals surface area contributed by atoms with E-state index in [1.54, 1.807) is 36.5 Å². The molecule has 3 aromatic rings. The number of carboxylic acid groups (broad SMARTS) is 1. The van der Waals surface area contributed by atoms with Gasteiger partial charge in [-0.1, -0.05) is 29.8 Å². The van der Waals surface area contributed by atoms with Gasteiger partial charge < -0.3 is 20.1 Å². The molecule has 2 aromatic carbocycles. The number of aromatic nitrogens is 1. The van der Waals surface area contributed by atoms with Crippen molar-refractivity contribution in [3.8, 4) is 16.9 Å². The van der Waals surface area contributed by atoms with Gasteiger partial charge in [-0.2, -0.15) is 0 Å². The van der Waals surface area contributed by atoms with Crippen molar-refractivity contribution in [3.05, 3.63) is 83.2 Å². The van der Waals surface area contributed by atoms with Crippen LogP contribution in [0.4, 0.5) is 4.79 Å². The lowest BCUT2D eigenvalue weighted by Crippen LogP contribution is -2.39. The lowest BCUT2D eigenvalue weighted by Gasteiger charge is -2.24. The van der Waals surface area contributed by atoms with Crippen LogP contribution in [0.15, 0.2) is 60.9 Å². The number of hydrogen-bond donors (Lipinski definition) is 2. The quantitative estimate of drug-likeness (QED) is 0.507. The summed E-state index contributed by atoms with van der Waals surface area (Å²) in [6, 6.07) is 15.0. The van der Waals surface area contributed by atoms with Crippen LogP contribution < -0.4 is 10.1 Å². The fraction of sp³-hybridized carbons (Fsp3) is 0.269. The van der Waals surface area contributed by atoms with E-state index in [0.717, 1.165) is 27.8 Å². The summed E-state index contributed by atoms with van der Waals surface area (Å²) in [5, 5.41) is 12.2. The van der Waals surface area contributed by atoms with Crippen molar-refractivity contribution in [2.75, 3.05) is 13.7 Å². The van der Waals surface area contributed by atoms with Gasteiger partial charge in [0.25, 0.3) is 0 Å². The van der Waals surface area contributed by atoms with Gasteiger partial charge in [-0.3, -0.25) is 9.78 Å². The van der Waals surface area contributed by atoms with Crippen molar-refractivity contribution in [1.82, 2.24) is 15.2 Å². The summed E-state index contributed by atoms with van der Waals surface area (Å²) in [6.07, 6.45) is 3.32. The summed E-state index contributed by atoms with van der Waals surface area (Å²) in [5.74, 6) is -0.238. The summed E-state index contributed by atoms with van der Waals surface area (Å²) in [4.78, 5) is 29.9. The Balaban J connectivity index is 1.89. The topological polar surface area (TPSA) is 91.8 Å². The molecular weight excluding hydrogens is 418 g/mol. The lowest BCUT2D eigenvalue weighted by atomic mass is 9.94. The molecule has 0 unspecified atom stereocenters. The first-order valence-corrected chi connectivity index (χ1v) is 10.8. The molecule has 33 heavy (non-hydrogen) atoms. The number of aryl methyl sites for hydroxylation is 1. The van der Waals surface area contributed by atoms with Gasteiger partial charge >= 0.3 is 12.0 Å². The highest BCUT2D eigenvalue weighted by Gasteiger charge is 2.17. The Morgan fingerprint density at radius 3 is 2.45 bits per heavy atom. The third-order valence-electron chi connectivity index (χ3n) is 5.39. The van der Waals surface area contributed by atoms with Crippen molar-refractivity contribution in [2.24, 2.45) is 0 Å². The first kappa shape index (κ1) is 23.8. The highest BCUT2D eigenvalue weighted by Crippen LogP contribution is 2.34. The molecule has 0 radical (unpaired) electrons. The highest BCUT2D eigenvalue weighted by atomic mass is 16.5. The maximum Gasteiger partial charge on any atom is 0.317 e. The molecule has 7 nitrogen and oxygen atoms in total. The van der Waals surface area contributed by atoms with Gasteiger partial charge in [0.15, 0.2) is 0 Å². The van der Waals surface area contributed by atoms with Crippen LogP contribution in [0.3, 0.4) is 0 Å². The number of pyridine rings is 1. The number of amides is 2. The Hall–Kier alpha value is -3.87. The van der Waals surface area contributed by atoms with E-state index in [2.05, 4.69) is 16.4 Å². The molecule has 1 heterocycles. The summed E-state index contributed by atoms with van der Waals surface area (Å²) in [5.41, 5.74) is 5.41. The SMILES string of the molecule is CCN(Cc1cc(C)ccc1-c1cc(CC(=O)O)ccc1OC)C(=O)NCc1ccncc1. The number of benzene rings is 2. The molecule has 0 saturated heterocycles. The Morgan fingerprint density at radius 2 is 1.79 bits per heavy atom. The molecule has 0 spiro atoms. The number of nitrogens with one attached hydrogen (secondary N) is 1. The summed E-state index contributed by atoms with van der Waals surface area (Å²) in [6.45, 7) is 5.30. The number of nitrogens with zero attached hydrogens (tertiary/aromatic N) is 2. The maximum atomic E-state index is 12.9. The van der Waals surface area contributed by atoms with Crippen molar-refractivity contribution in [1.29, 1.82) is 0 Å². The molecule has 172 valence electrons. The van der Waals surface area contributed by atoms with E-state index >= 15 is 0 Å². The average molecular weight is 448 g/mol. The molecule has 1 aromatic heterocycles. The van der Waals surface area contributed by atoms with E-state index in [1.807, 2.05) is 44.2 Å². The molecule has 0 aliphatic rings. The molecule has 2 amide bonds. The maximum absolute atomic E-state index is 12.9. The smallest absolute Gasteiger partial charge is 0.317 e. The number of carbonyl (C=O) groups is 2. The minimum atomic E-state index is -0.890. The standard InChI is InChI=1S/C26H29N3O4/c1-4-29(26(32)28-16-19-9-11-27-12-10-19)17-21-13-18(2)5-7-22(21)23-14-20(15-25(30)31)6-8-24(23)33-3/h5-14H,4,15-17H2,1-3H3,(H,28,32)(H,30,31). The summed E-state index contributed by atoms with van der Waals surface area (Å²) < 4.78 is 5.57. The highest BCUT2D eigenvalue weighted by molar-refractivity contribution is 5.78. The zero-order valence-electron chi connectivity index (χ0n) is 19.2. The summed E-state index contributed by atoms with van der Waals surface area (Å²) in [7, 11) is 1.59. The molecule has 0 fully saturated rings. The van der Waals surface area contributed by atoms with Crippen molar-refractivity contribution < 1.29 is 19.4 Å². The van der Waals surface area contributed by atoms with E-state index in [-0.39, 0.29) is 12.5 Å². The Labute approximate surface area is 194 Å². The Kier molecular flexibility index (Phi) is 8.02. The van der Waals surface area contributed by atoms with Crippen LogP contribution in [0.25, 0.3) is 11.1 Å². The van der Waals surface area contributed by atoms with Crippen molar-refractivity contribution in [3.63, 3.8) is 0 Å². The zero-order chi connectivity index (χ0) is 23.8. The number of aliphatic carboxylic acids is 1. The molecule has 0 atom stereocenters. The lowest BCUT2D eigenvalue weighted by molar-refractivity contribution is -0.136. The van der Waals surface area contributed by atoms with Crippen LogP contribution in [0.2, 0.25) is 0 Å². The largest absolute Gasteiger partial charge is 0.496 e. The molecule has 3 rings (SSSR count). The van der Waals surface area contributed by atoms with Gasteiger partial charge in [-0.25, -0.2) is 4.79 Å². The van der Waals surface area contributed by atoms with Crippen molar-refractivity contribution in [2.45, 2.75) is 33.4 Å².